The van der Waals surface area contributed by atoms with Gasteiger partial charge in [0.1, 0.15) is 11.6 Å². The third-order valence-electron chi connectivity index (χ3n) is 6.50. The number of hydrogen-bond donors (Lipinski definition) is 1. The van der Waals surface area contributed by atoms with Crippen LogP contribution in [0.3, 0.4) is 0 Å². The summed E-state index contributed by atoms with van der Waals surface area (Å²) in [5.74, 6) is 0.231. The number of anilines is 2. The summed E-state index contributed by atoms with van der Waals surface area (Å²) in [5.41, 5.74) is 1.36. The molecule has 2 amide bonds. The van der Waals surface area contributed by atoms with Crippen LogP contribution in [0.2, 0.25) is 0 Å². The quantitative estimate of drug-likeness (QED) is 0.321. The van der Waals surface area contributed by atoms with Crippen LogP contribution < -0.4 is 9.64 Å². The summed E-state index contributed by atoms with van der Waals surface area (Å²) in [6, 6.07) is 14.6. The average Bonchev–Trinajstić information content (AvgIpc) is 3.41. The van der Waals surface area contributed by atoms with E-state index in [1.54, 1.807) is 28.1 Å². The predicted octanol–water partition coefficient (Wildman–Crippen LogP) is 2.90. The van der Waals surface area contributed by atoms with Crippen molar-refractivity contribution >= 4 is 40.1 Å². The van der Waals surface area contributed by atoms with Gasteiger partial charge in [-0.05, 0) is 24.3 Å². The highest BCUT2D eigenvalue weighted by Crippen LogP contribution is 2.35. The fourth-order valence-corrected chi connectivity index (χ4v) is 4.49. The molecule has 188 valence electrons. The molecule has 3 aromatic heterocycles. The van der Waals surface area contributed by atoms with E-state index >= 15 is 0 Å². The minimum Gasteiger partial charge on any atom is -0.494 e. The second-order valence-corrected chi connectivity index (χ2v) is 8.63. The Bertz CT molecular complexity index is 1450. The third kappa shape index (κ3) is 4.49. The molecule has 5 rings (SSSR count). The van der Waals surface area contributed by atoms with Gasteiger partial charge in [-0.1, -0.05) is 24.3 Å². The lowest BCUT2D eigenvalue weighted by molar-refractivity contribution is -0.127. The number of H-pyrrole nitrogens is 1. The van der Waals surface area contributed by atoms with Gasteiger partial charge in [0.15, 0.2) is 5.82 Å². The average molecular weight is 499 g/mol. The summed E-state index contributed by atoms with van der Waals surface area (Å²) < 4.78 is 5.49. The lowest BCUT2D eigenvalue weighted by Crippen LogP contribution is -2.52. The standard InChI is InChI=1S/C27H26N6O4/c1-31(21-10-6-7-11-28-21)25-23-22(20(37-2)17-30-25)19(16-29-23)24(34)27(36)33-14-12-32(13-15-33)26(35)18-8-4-3-5-9-18/h3-11,16-17,29H,12-15H2,1-2H3. The van der Waals surface area contributed by atoms with Crippen LogP contribution in [0.5, 0.6) is 5.75 Å². The van der Waals surface area contributed by atoms with Gasteiger partial charge in [0, 0.05) is 51.2 Å². The molecule has 1 fully saturated rings. The minimum absolute atomic E-state index is 0.0857. The molecule has 0 atom stereocenters. The van der Waals surface area contributed by atoms with Gasteiger partial charge in [-0.25, -0.2) is 9.97 Å². The van der Waals surface area contributed by atoms with Gasteiger partial charge in [0.05, 0.1) is 29.8 Å². The lowest BCUT2D eigenvalue weighted by Gasteiger charge is -2.34. The predicted molar refractivity (Wildman–Crippen MR) is 138 cm³/mol. The Morgan fingerprint density at radius 3 is 2.32 bits per heavy atom. The van der Waals surface area contributed by atoms with Gasteiger partial charge in [-0.2, -0.15) is 0 Å². The van der Waals surface area contributed by atoms with Crippen molar-refractivity contribution in [1.29, 1.82) is 0 Å². The number of nitrogens with one attached hydrogen (secondary N) is 1. The molecule has 0 spiro atoms. The second-order valence-electron chi connectivity index (χ2n) is 8.63. The molecule has 0 bridgehead atoms. The first-order valence-electron chi connectivity index (χ1n) is 11.9. The Morgan fingerprint density at radius 2 is 1.65 bits per heavy atom. The highest BCUT2D eigenvalue weighted by Gasteiger charge is 2.31. The molecule has 0 radical (unpaired) electrons. The highest BCUT2D eigenvalue weighted by atomic mass is 16.5. The summed E-state index contributed by atoms with van der Waals surface area (Å²) in [5, 5.41) is 0.478. The number of aromatic amines is 1. The molecule has 1 saturated heterocycles. The van der Waals surface area contributed by atoms with Gasteiger partial charge in [0.25, 0.3) is 17.6 Å². The molecule has 4 heterocycles. The Balaban J connectivity index is 1.37. The second kappa shape index (κ2) is 10.1. The van der Waals surface area contributed by atoms with Crippen molar-refractivity contribution in [2.24, 2.45) is 0 Å². The van der Waals surface area contributed by atoms with E-state index in [1.165, 1.54) is 24.4 Å². The summed E-state index contributed by atoms with van der Waals surface area (Å²) >= 11 is 0. The molecular formula is C27H26N6O4. The fourth-order valence-electron chi connectivity index (χ4n) is 4.49. The molecule has 1 aromatic carbocycles. The first kappa shape index (κ1) is 24.0. The molecule has 1 aliphatic rings. The zero-order chi connectivity index (χ0) is 25.9. The lowest BCUT2D eigenvalue weighted by atomic mass is 10.1. The Hall–Kier alpha value is -4.73. The summed E-state index contributed by atoms with van der Waals surface area (Å²) in [4.78, 5) is 56.3. The van der Waals surface area contributed by atoms with E-state index in [0.29, 0.717) is 46.9 Å². The zero-order valence-corrected chi connectivity index (χ0v) is 20.5. The van der Waals surface area contributed by atoms with Crippen molar-refractivity contribution < 1.29 is 19.1 Å². The Morgan fingerprint density at radius 1 is 0.946 bits per heavy atom. The van der Waals surface area contributed by atoms with Gasteiger partial charge in [0.2, 0.25) is 0 Å². The molecule has 4 aromatic rings. The SMILES string of the molecule is COc1cnc(N(C)c2ccccn2)c2[nH]cc(C(=O)C(=O)N3CCN(C(=O)c4ccccc4)CC3)c12. The maximum absolute atomic E-state index is 13.4. The topological polar surface area (TPSA) is 112 Å². The number of fused-ring (bicyclic) bond motifs is 1. The molecule has 0 saturated carbocycles. The largest absolute Gasteiger partial charge is 0.494 e. The van der Waals surface area contributed by atoms with Gasteiger partial charge in [-0.15, -0.1) is 0 Å². The summed E-state index contributed by atoms with van der Waals surface area (Å²) in [6.07, 6.45) is 4.72. The molecule has 10 heteroatoms. The van der Waals surface area contributed by atoms with Crippen LogP contribution >= 0.6 is 0 Å². The number of piperazine rings is 1. The summed E-state index contributed by atoms with van der Waals surface area (Å²) in [6.45, 7) is 1.26. The van der Waals surface area contributed by atoms with Gasteiger partial charge in [-0.3, -0.25) is 14.4 Å². The number of Topliss-reactive ketones (excluding diaryl/α,β-unsaturated/α-hetero) is 1. The van der Waals surface area contributed by atoms with Crippen molar-refractivity contribution in [3.8, 4) is 5.75 Å². The van der Waals surface area contributed by atoms with Crippen LogP contribution in [-0.2, 0) is 4.79 Å². The first-order chi connectivity index (χ1) is 18.0. The van der Waals surface area contributed by atoms with Crippen molar-refractivity contribution in [2.75, 3.05) is 45.2 Å². The molecule has 0 unspecified atom stereocenters. The van der Waals surface area contributed by atoms with Crippen LogP contribution in [0.1, 0.15) is 20.7 Å². The smallest absolute Gasteiger partial charge is 0.295 e. The van der Waals surface area contributed by atoms with E-state index in [0.717, 1.165) is 0 Å². The number of carbonyl (C=O) groups is 3. The number of aromatic nitrogens is 3. The Labute approximate surface area is 213 Å². The molecule has 1 aliphatic heterocycles. The normalized spacial score (nSPS) is 13.5. The number of amides is 2. The zero-order valence-electron chi connectivity index (χ0n) is 20.5. The number of pyridine rings is 2. The van der Waals surface area contributed by atoms with Crippen LogP contribution in [-0.4, -0.2) is 82.7 Å². The van der Waals surface area contributed by atoms with E-state index in [9.17, 15) is 14.4 Å². The molecule has 37 heavy (non-hydrogen) atoms. The van der Waals surface area contributed by atoms with Crippen LogP contribution in [0.4, 0.5) is 11.6 Å². The van der Waals surface area contributed by atoms with E-state index in [-0.39, 0.29) is 24.6 Å². The fraction of sp³-hybridized carbons (Fsp3) is 0.222. The van der Waals surface area contributed by atoms with Crippen LogP contribution in [0, 0.1) is 0 Å². The maximum atomic E-state index is 13.4. The number of benzene rings is 1. The third-order valence-corrected chi connectivity index (χ3v) is 6.50. The number of ketones is 1. The van der Waals surface area contributed by atoms with Gasteiger partial charge < -0.3 is 24.4 Å². The summed E-state index contributed by atoms with van der Waals surface area (Å²) in [7, 11) is 3.31. The monoisotopic (exact) mass is 498 g/mol. The van der Waals surface area contributed by atoms with Crippen LogP contribution in [0.25, 0.3) is 10.9 Å². The van der Waals surface area contributed by atoms with E-state index in [4.69, 9.17) is 4.74 Å². The van der Waals surface area contributed by atoms with E-state index in [2.05, 4.69) is 15.0 Å². The first-order valence-corrected chi connectivity index (χ1v) is 11.9. The van der Waals surface area contributed by atoms with Crippen LogP contribution in [0.15, 0.2) is 67.1 Å². The highest BCUT2D eigenvalue weighted by molar-refractivity contribution is 6.45. The van der Waals surface area contributed by atoms with Crippen molar-refractivity contribution in [1.82, 2.24) is 24.8 Å². The minimum atomic E-state index is -0.648. The van der Waals surface area contributed by atoms with Crippen molar-refractivity contribution in [3.63, 3.8) is 0 Å². The number of ether oxygens (including phenoxy) is 1. The molecule has 10 nitrogen and oxygen atoms in total. The van der Waals surface area contributed by atoms with E-state index in [1.807, 2.05) is 43.4 Å². The molecule has 1 N–H and O–H groups in total. The Kier molecular flexibility index (Phi) is 6.55. The number of methoxy groups -OCH3 is 1. The number of rotatable bonds is 6. The van der Waals surface area contributed by atoms with E-state index < -0.39 is 11.7 Å². The number of nitrogens with zero attached hydrogens (tertiary/aromatic N) is 5. The maximum Gasteiger partial charge on any atom is 0.295 e. The van der Waals surface area contributed by atoms with Gasteiger partial charge >= 0.3 is 0 Å². The number of hydrogen-bond acceptors (Lipinski definition) is 7. The van der Waals surface area contributed by atoms with Crippen molar-refractivity contribution in [3.05, 3.63) is 78.2 Å². The molecule has 0 aliphatic carbocycles. The van der Waals surface area contributed by atoms with Crippen molar-refractivity contribution in [2.45, 2.75) is 0 Å². The molecular weight excluding hydrogens is 472 g/mol. The number of carbonyl (C=O) groups excluding carboxylic acids is 3.